The Balaban J connectivity index is 1.48. The van der Waals surface area contributed by atoms with Crippen molar-refractivity contribution >= 4 is 17.5 Å². The maximum Gasteiger partial charge on any atom is 0.414 e. The van der Waals surface area contributed by atoms with Gasteiger partial charge in [0.2, 0.25) is 0 Å². The highest BCUT2D eigenvalue weighted by Crippen LogP contribution is 2.36. The molecule has 0 saturated carbocycles. The molecule has 0 aliphatic carbocycles. The number of piperazine rings is 1. The summed E-state index contributed by atoms with van der Waals surface area (Å²) in [5.41, 5.74) is 4.53. The molecule has 0 unspecified atom stereocenters. The molecule has 1 saturated heterocycles. The first-order chi connectivity index (χ1) is 12.3. The first-order valence-electron chi connectivity index (χ1n) is 8.89. The van der Waals surface area contributed by atoms with Gasteiger partial charge in [0, 0.05) is 44.0 Å². The number of amides is 1. The molecular formula is C20H23N3O2. The maximum atomic E-state index is 12.5. The van der Waals surface area contributed by atoms with E-state index in [9.17, 15) is 4.79 Å². The van der Waals surface area contributed by atoms with Gasteiger partial charge in [-0.05, 0) is 24.1 Å². The van der Waals surface area contributed by atoms with Gasteiger partial charge in [-0.3, -0.25) is 4.90 Å². The van der Waals surface area contributed by atoms with E-state index in [1.165, 1.54) is 11.3 Å². The number of anilines is 2. The second-order valence-corrected chi connectivity index (χ2v) is 6.45. The summed E-state index contributed by atoms with van der Waals surface area (Å²) in [6, 6.07) is 16.0. The van der Waals surface area contributed by atoms with Crippen LogP contribution in [0.25, 0.3) is 0 Å². The summed E-state index contributed by atoms with van der Waals surface area (Å²) in [6.07, 6.45) is 0.621. The molecule has 2 aliphatic rings. The lowest BCUT2D eigenvalue weighted by atomic mass is 10.1. The Hall–Kier alpha value is -2.53. The molecule has 2 aromatic rings. The van der Waals surface area contributed by atoms with Crippen LogP contribution in [-0.2, 0) is 17.8 Å². The van der Waals surface area contributed by atoms with Crippen LogP contribution in [0.5, 0.6) is 0 Å². The molecule has 0 radical (unpaired) electrons. The van der Waals surface area contributed by atoms with Crippen LogP contribution in [0.4, 0.5) is 16.2 Å². The molecular weight excluding hydrogens is 314 g/mol. The number of hydrogen-bond acceptors (Lipinski definition) is 4. The second kappa shape index (κ2) is 7.15. The number of ether oxygens (including phenoxy) is 1. The summed E-state index contributed by atoms with van der Waals surface area (Å²) >= 11 is 0. The highest BCUT2D eigenvalue weighted by atomic mass is 16.6. The van der Waals surface area contributed by atoms with E-state index in [-0.39, 0.29) is 6.09 Å². The van der Waals surface area contributed by atoms with E-state index < -0.39 is 0 Å². The van der Waals surface area contributed by atoms with E-state index in [1.54, 1.807) is 4.90 Å². The molecule has 0 bridgehead atoms. The van der Waals surface area contributed by atoms with Gasteiger partial charge >= 0.3 is 6.09 Å². The van der Waals surface area contributed by atoms with E-state index in [0.717, 1.165) is 43.9 Å². The van der Waals surface area contributed by atoms with E-state index in [2.05, 4.69) is 16.3 Å². The fourth-order valence-corrected chi connectivity index (χ4v) is 3.60. The molecule has 5 heteroatoms. The van der Waals surface area contributed by atoms with Gasteiger partial charge in [-0.15, -0.1) is 0 Å². The third-order valence-corrected chi connectivity index (χ3v) is 4.89. The lowest BCUT2D eigenvalue weighted by molar-refractivity contribution is 0.147. The summed E-state index contributed by atoms with van der Waals surface area (Å²) in [5.74, 6) is 0. The molecule has 2 heterocycles. The third-order valence-electron chi connectivity index (χ3n) is 4.89. The van der Waals surface area contributed by atoms with Crippen LogP contribution in [-0.4, -0.2) is 38.8 Å². The van der Waals surface area contributed by atoms with Gasteiger partial charge in [0.25, 0.3) is 0 Å². The number of carbonyl (C=O) groups is 1. The SMILES string of the molecule is O=C(OCc1ccccc1)N1CCc2c(N3CCNCC3)cccc21. The third kappa shape index (κ3) is 3.33. The minimum absolute atomic E-state index is 0.264. The first kappa shape index (κ1) is 16.0. The lowest BCUT2D eigenvalue weighted by Crippen LogP contribution is -2.43. The van der Waals surface area contributed by atoms with Crippen LogP contribution in [0.1, 0.15) is 11.1 Å². The molecule has 2 aromatic carbocycles. The Morgan fingerprint density at radius 1 is 0.960 bits per heavy atom. The predicted octanol–water partition coefficient (Wildman–Crippen LogP) is 2.80. The number of nitrogens with zero attached hydrogens (tertiary/aromatic N) is 2. The van der Waals surface area contributed by atoms with Crippen LogP contribution >= 0.6 is 0 Å². The molecule has 5 nitrogen and oxygen atoms in total. The Morgan fingerprint density at radius 2 is 1.72 bits per heavy atom. The van der Waals surface area contributed by atoms with Gasteiger partial charge < -0.3 is 15.0 Å². The molecule has 25 heavy (non-hydrogen) atoms. The van der Waals surface area contributed by atoms with Crippen molar-refractivity contribution in [2.24, 2.45) is 0 Å². The van der Waals surface area contributed by atoms with Crippen molar-refractivity contribution in [2.45, 2.75) is 13.0 Å². The molecule has 0 atom stereocenters. The standard InChI is InChI=1S/C20H23N3O2/c24-20(25-15-16-5-2-1-3-6-16)23-12-9-17-18(7-4-8-19(17)23)22-13-10-21-11-14-22/h1-8,21H,9-15H2. The van der Waals surface area contributed by atoms with Gasteiger partial charge in [0.05, 0.1) is 5.69 Å². The number of nitrogens with one attached hydrogen (secondary N) is 1. The van der Waals surface area contributed by atoms with Gasteiger partial charge in [-0.2, -0.15) is 0 Å². The quantitative estimate of drug-likeness (QED) is 0.935. The number of carbonyl (C=O) groups excluding carboxylic acids is 1. The zero-order chi connectivity index (χ0) is 17.1. The molecule has 0 spiro atoms. The van der Waals surface area contributed by atoms with Gasteiger partial charge in [0.15, 0.2) is 0 Å². The van der Waals surface area contributed by atoms with Crippen LogP contribution in [0.15, 0.2) is 48.5 Å². The van der Waals surface area contributed by atoms with Crippen molar-refractivity contribution in [1.29, 1.82) is 0 Å². The highest BCUT2D eigenvalue weighted by Gasteiger charge is 2.29. The van der Waals surface area contributed by atoms with E-state index in [1.807, 2.05) is 42.5 Å². The van der Waals surface area contributed by atoms with Gasteiger partial charge in [-0.1, -0.05) is 36.4 Å². The topological polar surface area (TPSA) is 44.8 Å². The van der Waals surface area contributed by atoms with Crippen molar-refractivity contribution in [1.82, 2.24) is 5.32 Å². The average Bonchev–Trinajstić information content (AvgIpc) is 3.12. The van der Waals surface area contributed by atoms with Crippen LogP contribution < -0.4 is 15.1 Å². The second-order valence-electron chi connectivity index (χ2n) is 6.45. The molecule has 2 aliphatic heterocycles. The zero-order valence-electron chi connectivity index (χ0n) is 14.3. The van der Waals surface area contributed by atoms with Crippen LogP contribution in [0.2, 0.25) is 0 Å². The summed E-state index contributed by atoms with van der Waals surface area (Å²) < 4.78 is 5.52. The minimum Gasteiger partial charge on any atom is -0.444 e. The largest absolute Gasteiger partial charge is 0.444 e. The average molecular weight is 337 g/mol. The molecule has 4 rings (SSSR count). The highest BCUT2D eigenvalue weighted by molar-refractivity contribution is 5.92. The monoisotopic (exact) mass is 337 g/mol. The van der Waals surface area contributed by atoms with Crippen LogP contribution in [0.3, 0.4) is 0 Å². The number of hydrogen-bond donors (Lipinski definition) is 1. The Bertz CT molecular complexity index is 742. The smallest absolute Gasteiger partial charge is 0.414 e. The maximum absolute atomic E-state index is 12.5. The van der Waals surface area contributed by atoms with Crippen molar-refractivity contribution in [3.05, 3.63) is 59.7 Å². The van der Waals surface area contributed by atoms with E-state index in [4.69, 9.17) is 4.74 Å². The summed E-state index contributed by atoms with van der Waals surface area (Å²) in [7, 11) is 0. The zero-order valence-corrected chi connectivity index (χ0v) is 14.3. The summed E-state index contributed by atoms with van der Waals surface area (Å²) in [4.78, 5) is 16.7. The van der Waals surface area contributed by atoms with Gasteiger partial charge in [-0.25, -0.2) is 4.79 Å². The predicted molar refractivity (Wildman–Crippen MR) is 99.2 cm³/mol. The number of benzene rings is 2. The van der Waals surface area contributed by atoms with Gasteiger partial charge in [0.1, 0.15) is 6.61 Å². The normalized spacial score (nSPS) is 16.6. The molecule has 1 amide bonds. The van der Waals surface area contributed by atoms with Crippen molar-refractivity contribution in [3.63, 3.8) is 0 Å². The molecule has 1 N–H and O–H groups in total. The number of rotatable bonds is 3. The molecule has 1 fully saturated rings. The van der Waals surface area contributed by atoms with Crippen LogP contribution in [0, 0.1) is 0 Å². The lowest BCUT2D eigenvalue weighted by Gasteiger charge is -2.31. The van der Waals surface area contributed by atoms with Crippen molar-refractivity contribution in [3.8, 4) is 0 Å². The Morgan fingerprint density at radius 3 is 2.52 bits per heavy atom. The molecule has 130 valence electrons. The van der Waals surface area contributed by atoms with Crippen molar-refractivity contribution in [2.75, 3.05) is 42.5 Å². The summed E-state index contributed by atoms with van der Waals surface area (Å²) in [6.45, 7) is 5.03. The van der Waals surface area contributed by atoms with E-state index >= 15 is 0 Å². The van der Waals surface area contributed by atoms with Crippen molar-refractivity contribution < 1.29 is 9.53 Å². The summed E-state index contributed by atoms with van der Waals surface area (Å²) in [5, 5.41) is 3.39. The minimum atomic E-state index is -0.264. The fraction of sp³-hybridized carbons (Fsp3) is 0.350. The molecule has 0 aromatic heterocycles. The van der Waals surface area contributed by atoms with E-state index in [0.29, 0.717) is 13.2 Å². The Kier molecular flexibility index (Phi) is 4.57. The Labute approximate surface area is 148 Å². The number of fused-ring (bicyclic) bond motifs is 1. The fourth-order valence-electron chi connectivity index (χ4n) is 3.60. The first-order valence-corrected chi connectivity index (χ1v) is 8.89.